The monoisotopic (exact) mass is 382 g/mol. The average molecular weight is 383 g/mol. The standard InChI is InChI=1S/C21H19ClN2O3/c22-16-7-8-17-15(12-16)13-19(27-17)21(25)24-10-3-11-26-18-6-1-4-14-5-2-9-23-20(14)18/h1-2,4-9,12,19H,3,10-11,13H2,(H,24,25). The molecule has 0 saturated heterocycles. The van der Waals surface area contributed by atoms with Crippen LogP contribution in [0.25, 0.3) is 10.9 Å². The number of nitrogens with one attached hydrogen (secondary N) is 1. The number of hydrogen-bond acceptors (Lipinski definition) is 4. The van der Waals surface area contributed by atoms with E-state index in [0.29, 0.717) is 31.0 Å². The van der Waals surface area contributed by atoms with Crippen molar-refractivity contribution < 1.29 is 14.3 Å². The quantitative estimate of drug-likeness (QED) is 0.659. The molecule has 2 heterocycles. The molecule has 1 aliphatic heterocycles. The molecular formula is C21H19ClN2O3. The summed E-state index contributed by atoms with van der Waals surface area (Å²) in [6, 6.07) is 15.2. The summed E-state index contributed by atoms with van der Waals surface area (Å²) in [5.41, 5.74) is 1.81. The van der Waals surface area contributed by atoms with E-state index in [9.17, 15) is 4.79 Å². The predicted octanol–water partition coefficient (Wildman–Crippen LogP) is 3.78. The largest absolute Gasteiger partial charge is 0.491 e. The van der Waals surface area contributed by atoms with Crippen LogP contribution in [0.15, 0.2) is 54.7 Å². The van der Waals surface area contributed by atoms with Crippen LogP contribution in [0.2, 0.25) is 5.02 Å². The van der Waals surface area contributed by atoms with E-state index < -0.39 is 6.10 Å². The van der Waals surface area contributed by atoms with E-state index in [4.69, 9.17) is 21.1 Å². The summed E-state index contributed by atoms with van der Waals surface area (Å²) < 4.78 is 11.5. The molecule has 1 amide bonds. The highest BCUT2D eigenvalue weighted by Gasteiger charge is 2.28. The van der Waals surface area contributed by atoms with Gasteiger partial charge in [0.2, 0.25) is 0 Å². The van der Waals surface area contributed by atoms with E-state index in [2.05, 4.69) is 10.3 Å². The van der Waals surface area contributed by atoms with E-state index in [1.165, 1.54) is 0 Å². The smallest absolute Gasteiger partial charge is 0.261 e. The van der Waals surface area contributed by atoms with Crippen LogP contribution in [0.3, 0.4) is 0 Å². The Kier molecular flexibility index (Phi) is 5.12. The molecule has 5 nitrogen and oxygen atoms in total. The van der Waals surface area contributed by atoms with Gasteiger partial charge in [-0.3, -0.25) is 9.78 Å². The SMILES string of the molecule is O=C(NCCCOc1cccc2cccnc12)C1Cc2cc(Cl)ccc2O1. The Labute approximate surface area is 162 Å². The molecule has 1 unspecified atom stereocenters. The van der Waals surface area contributed by atoms with Crippen molar-refractivity contribution in [2.45, 2.75) is 18.9 Å². The predicted molar refractivity (Wildman–Crippen MR) is 104 cm³/mol. The maximum absolute atomic E-state index is 12.3. The Morgan fingerprint density at radius 3 is 3.07 bits per heavy atom. The zero-order chi connectivity index (χ0) is 18.6. The summed E-state index contributed by atoms with van der Waals surface area (Å²) in [5, 5.41) is 4.60. The zero-order valence-corrected chi connectivity index (χ0v) is 15.4. The van der Waals surface area contributed by atoms with E-state index in [1.807, 2.05) is 36.4 Å². The number of aromatic nitrogens is 1. The Bertz CT molecular complexity index is 971. The first-order valence-electron chi connectivity index (χ1n) is 8.90. The number of fused-ring (bicyclic) bond motifs is 2. The lowest BCUT2D eigenvalue weighted by Gasteiger charge is -2.12. The van der Waals surface area contributed by atoms with E-state index in [1.54, 1.807) is 18.3 Å². The maximum Gasteiger partial charge on any atom is 0.261 e. The van der Waals surface area contributed by atoms with Gasteiger partial charge in [-0.05, 0) is 42.3 Å². The summed E-state index contributed by atoms with van der Waals surface area (Å²) in [6.45, 7) is 1.02. The van der Waals surface area contributed by atoms with Gasteiger partial charge in [-0.2, -0.15) is 0 Å². The Morgan fingerprint density at radius 1 is 1.26 bits per heavy atom. The molecule has 0 aliphatic carbocycles. The molecule has 0 spiro atoms. The van der Waals surface area contributed by atoms with Crippen LogP contribution in [0.1, 0.15) is 12.0 Å². The second-order valence-electron chi connectivity index (χ2n) is 6.39. The third-order valence-electron chi connectivity index (χ3n) is 4.46. The lowest BCUT2D eigenvalue weighted by molar-refractivity contribution is -0.127. The minimum absolute atomic E-state index is 0.117. The van der Waals surface area contributed by atoms with Crippen LogP contribution in [0, 0.1) is 0 Å². The second-order valence-corrected chi connectivity index (χ2v) is 6.82. The number of hydrogen-bond donors (Lipinski definition) is 1. The van der Waals surface area contributed by atoms with Crippen LogP contribution in [-0.4, -0.2) is 30.1 Å². The van der Waals surface area contributed by atoms with E-state index in [-0.39, 0.29) is 5.91 Å². The summed E-state index contributed by atoms with van der Waals surface area (Å²) in [7, 11) is 0. The first-order chi connectivity index (χ1) is 13.2. The van der Waals surface area contributed by atoms with Gasteiger partial charge in [0, 0.05) is 29.6 Å². The van der Waals surface area contributed by atoms with Crippen LogP contribution in [0.5, 0.6) is 11.5 Å². The van der Waals surface area contributed by atoms with Crippen LogP contribution >= 0.6 is 11.6 Å². The van der Waals surface area contributed by atoms with Crippen molar-refractivity contribution in [2.75, 3.05) is 13.2 Å². The molecule has 138 valence electrons. The van der Waals surface area contributed by atoms with Gasteiger partial charge in [-0.25, -0.2) is 0 Å². The first-order valence-corrected chi connectivity index (χ1v) is 9.28. The molecule has 0 fully saturated rings. The van der Waals surface area contributed by atoms with Gasteiger partial charge >= 0.3 is 0 Å². The number of carbonyl (C=O) groups is 1. The minimum atomic E-state index is -0.498. The Balaban J connectivity index is 1.23. The number of para-hydroxylation sites is 1. The zero-order valence-electron chi connectivity index (χ0n) is 14.7. The van der Waals surface area contributed by atoms with Gasteiger partial charge < -0.3 is 14.8 Å². The fraction of sp³-hybridized carbons (Fsp3) is 0.238. The number of rotatable bonds is 6. The lowest BCUT2D eigenvalue weighted by Crippen LogP contribution is -2.38. The first kappa shape index (κ1) is 17.6. The van der Waals surface area contributed by atoms with Crippen molar-refractivity contribution >= 4 is 28.4 Å². The molecule has 1 atom stereocenters. The molecule has 0 radical (unpaired) electrons. The normalized spacial score (nSPS) is 15.2. The highest BCUT2D eigenvalue weighted by Crippen LogP contribution is 2.31. The number of amides is 1. The molecule has 1 aliphatic rings. The summed E-state index contributed by atoms with van der Waals surface area (Å²) in [6.07, 6.45) is 2.49. The number of benzene rings is 2. The second kappa shape index (κ2) is 7.84. The van der Waals surface area contributed by atoms with Crippen molar-refractivity contribution in [1.82, 2.24) is 10.3 Å². The fourth-order valence-electron chi connectivity index (χ4n) is 3.14. The Morgan fingerprint density at radius 2 is 2.15 bits per heavy atom. The molecule has 27 heavy (non-hydrogen) atoms. The van der Waals surface area contributed by atoms with E-state index in [0.717, 1.165) is 28.0 Å². The van der Waals surface area contributed by atoms with Gasteiger partial charge in [0.15, 0.2) is 6.10 Å². The van der Waals surface area contributed by atoms with Crippen molar-refractivity contribution in [3.8, 4) is 11.5 Å². The average Bonchev–Trinajstić information content (AvgIpc) is 3.11. The number of ether oxygens (including phenoxy) is 2. The summed E-state index contributed by atoms with van der Waals surface area (Å²) in [5.74, 6) is 1.37. The number of nitrogens with zero attached hydrogens (tertiary/aromatic N) is 1. The highest BCUT2D eigenvalue weighted by atomic mass is 35.5. The molecule has 4 rings (SSSR count). The maximum atomic E-state index is 12.3. The molecule has 0 bridgehead atoms. The van der Waals surface area contributed by atoms with Crippen LogP contribution < -0.4 is 14.8 Å². The number of carbonyl (C=O) groups excluding carboxylic acids is 1. The topological polar surface area (TPSA) is 60.5 Å². The fourth-order valence-corrected chi connectivity index (χ4v) is 3.33. The summed E-state index contributed by atoms with van der Waals surface area (Å²) in [4.78, 5) is 16.7. The van der Waals surface area contributed by atoms with Gasteiger partial charge in [0.25, 0.3) is 5.91 Å². The van der Waals surface area contributed by atoms with Crippen molar-refractivity contribution in [2.24, 2.45) is 0 Å². The number of halogens is 1. The van der Waals surface area contributed by atoms with Gasteiger partial charge in [-0.1, -0.05) is 29.8 Å². The van der Waals surface area contributed by atoms with Crippen molar-refractivity contribution in [3.63, 3.8) is 0 Å². The molecule has 3 aromatic rings. The van der Waals surface area contributed by atoms with Crippen molar-refractivity contribution in [3.05, 3.63) is 65.3 Å². The van der Waals surface area contributed by atoms with Crippen LogP contribution in [0.4, 0.5) is 0 Å². The highest BCUT2D eigenvalue weighted by molar-refractivity contribution is 6.30. The molecule has 1 aromatic heterocycles. The molecule has 1 N–H and O–H groups in total. The molecule has 2 aromatic carbocycles. The van der Waals surface area contributed by atoms with E-state index >= 15 is 0 Å². The number of pyridine rings is 1. The molecule has 6 heteroatoms. The third-order valence-corrected chi connectivity index (χ3v) is 4.70. The van der Waals surface area contributed by atoms with Gasteiger partial charge in [0.05, 0.1) is 6.61 Å². The molecular weight excluding hydrogens is 364 g/mol. The minimum Gasteiger partial charge on any atom is -0.491 e. The Hall–Kier alpha value is -2.79. The lowest BCUT2D eigenvalue weighted by atomic mass is 10.1. The summed E-state index contributed by atoms with van der Waals surface area (Å²) >= 11 is 5.98. The van der Waals surface area contributed by atoms with Crippen LogP contribution in [-0.2, 0) is 11.2 Å². The van der Waals surface area contributed by atoms with Gasteiger partial charge in [-0.15, -0.1) is 0 Å². The molecule has 0 saturated carbocycles. The van der Waals surface area contributed by atoms with Gasteiger partial charge in [0.1, 0.15) is 17.0 Å². The van der Waals surface area contributed by atoms with Crippen molar-refractivity contribution in [1.29, 1.82) is 0 Å². The third kappa shape index (κ3) is 3.98.